The van der Waals surface area contributed by atoms with E-state index < -0.39 is 0 Å². The molecule has 0 radical (unpaired) electrons. The molecule has 6 atom stereocenters. The van der Waals surface area contributed by atoms with Gasteiger partial charge in [-0.3, -0.25) is 0 Å². The highest BCUT2D eigenvalue weighted by Gasteiger charge is 2.32. The highest BCUT2D eigenvalue weighted by atomic mass is 14.9. The van der Waals surface area contributed by atoms with Gasteiger partial charge < -0.3 is 5.32 Å². The van der Waals surface area contributed by atoms with Gasteiger partial charge in [0.25, 0.3) is 0 Å². The Morgan fingerprint density at radius 2 is 1.80 bits per heavy atom. The summed E-state index contributed by atoms with van der Waals surface area (Å²) in [4.78, 5) is 0. The quantitative estimate of drug-likeness (QED) is 0.0861. The van der Waals surface area contributed by atoms with Crippen LogP contribution in [0.3, 0.4) is 0 Å². The van der Waals surface area contributed by atoms with Crippen molar-refractivity contribution in [1.29, 1.82) is 0 Å². The summed E-state index contributed by atoms with van der Waals surface area (Å²) in [7, 11) is 0. The zero-order chi connectivity index (χ0) is 33.3. The van der Waals surface area contributed by atoms with E-state index in [0.29, 0.717) is 35.6 Å². The zero-order valence-electron chi connectivity index (χ0n) is 30.2. The van der Waals surface area contributed by atoms with E-state index in [4.69, 9.17) is 0 Å². The average Bonchev–Trinajstić information content (AvgIpc) is 3.09. The largest absolute Gasteiger partial charge is 0.306 e. The number of nitrogens with one attached hydrogen (secondary N) is 1. The summed E-state index contributed by atoms with van der Waals surface area (Å²) in [6.45, 7) is 23.3. The van der Waals surface area contributed by atoms with Crippen molar-refractivity contribution in [2.24, 2.45) is 29.6 Å². The van der Waals surface area contributed by atoms with Crippen molar-refractivity contribution in [2.45, 2.75) is 112 Å². The number of rotatable bonds is 19. The van der Waals surface area contributed by atoms with Gasteiger partial charge >= 0.3 is 0 Å². The smallest absolute Gasteiger partial charge is 0.0290 e. The van der Waals surface area contributed by atoms with Crippen molar-refractivity contribution in [1.82, 2.24) is 5.32 Å². The number of hydrogen-bond acceptors (Lipinski definition) is 1. The first-order chi connectivity index (χ1) is 22.4. The number of fused-ring (bicyclic) bond motifs is 1. The third-order valence-electron chi connectivity index (χ3n) is 10.6. The van der Waals surface area contributed by atoms with Crippen LogP contribution in [-0.4, -0.2) is 12.6 Å². The van der Waals surface area contributed by atoms with Crippen LogP contribution in [0.1, 0.15) is 106 Å². The van der Waals surface area contributed by atoms with Crippen LogP contribution in [0, 0.1) is 29.6 Å². The summed E-state index contributed by atoms with van der Waals surface area (Å²) in [6.07, 6.45) is 44.0. The molecule has 0 aliphatic heterocycles. The first-order valence-electron chi connectivity index (χ1n) is 18.5. The third-order valence-corrected chi connectivity index (χ3v) is 10.6. The van der Waals surface area contributed by atoms with Gasteiger partial charge in [0.05, 0.1) is 0 Å². The molecule has 0 spiro atoms. The van der Waals surface area contributed by atoms with E-state index in [-0.39, 0.29) is 0 Å². The second-order valence-corrected chi connectivity index (χ2v) is 13.9. The van der Waals surface area contributed by atoms with E-state index in [2.05, 4.69) is 145 Å². The van der Waals surface area contributed by atoms with Crippen LogP contribution in [0.5, 0.6) is 0 Å². The molecule has 46 heavy (non-hydrogen) atoms. The molecular weight excluding hydrogens is 555 g/mol. The Morgan fingerprint density at radius 1 is 1.00 bits per heavy atom. The molecule has 250 valence electrons. The Bertz CT molecular complexity index is 1270. The van der Waals surface area contributed by atoms with Crippen LogP contribution in [-0.2, 0) is 0 Å². The van der Waals surface area contributed by atoms with E-state index in [9.17, 15) is 0 Å². The molecule has 0 aromatic carbocycles. The standard InChI is InChI=1S/C45H65N/c1-9-14-16-21-37(11-3)35(7)26-28-38(12-4)43-31-30-42(44-24-19-20-25-45(43)44)36(8)27-29-40(39(13-5)32-34(6)10-2)33-46-41-22-17-15-18-23-41/h11-13,15,17-20,22,24-26,28-29,34,36-37,41,43,45-46H,3,7,9-10,14,16,21,23,27,30-33H2,1-2,4-6,8H3/b28-26-,38-12+,39-13+,40-29+. The van der Waals surface area contributed by atoms with Gasteiger partial charge in [0.2, 0.25) is 0 Å². The predicted octanol–water partition coefficient (Wildman–Crippen LogP) is 12.7. The molecule has 0 fully saturated rings. The predicted molar refractivity (Wildman–Crippen MR) is 206 cm³/mol. The number of allylic oxidation sites excluding steroid dienone is 16. The SMILES string of the molecule is C=CC(CCCCC)C(=C)/C=C\C(=C/C)C1CCC(C(C)C/C=C(CNC2C=CC=CC2)/C(=C/C)CC(C)CC)=C2C=CC=CC21. The molecule has 0 amide bonds. The second kappa shape index (κ2) is 20.4. The lowest BCUT2D eigenvalue weighted by molar-refractivity contribution is 0.427. The first-order valence-corrected chi connectivity index (χ1v) is 18.5. The van der Waals surface area contributed by atoms with E-state index >= 15 is 0 Å². The fraction of sp³-hybridized carbons (Fsp3) is 0.511. The molecule has 0 aromatic heterocycles. The van der Waals surface area contributed by atoms with Gasteiger partial charge in [-0.25, -0.2) is 0 Å². The second-order valence-electron chi connectivity index (χ2n) is 13.9. The van der Waals surface area contributed by atoms with Crippen LogP contribution in [0.15, 0.2) is 132 Å². The first kappa shape index (κ1) is 37.6. The lowest BCUT2D eigenvalue weighted by atomic mass is 9.67. The van der Waals surface area contributed by atoms with Crippen LogP contribution in [0.4, 0.5) is 0 Å². The molecule has 0 saturated carbocycles. The van der Waals surface area contributed by atoms with Crippen LogP contribution < -0.4 is 5.32 Å². The molecule has 0 heterocycles. The summed E-state index contributed by atoms with van der Waals surface area (Å²) in [5.41, 5.74) is 8.84. The highest BCUT2D eigenvalue weighted by molar-refractivity contribution is 5.44. The van der Waals surface area contributed by atoms with Gasteiger partial charge in [0.1, 0.15) is 0 Å². The summed E-state index contributed by atoms with van der Waals surface area (Å²) >= 11 is 0. The van der Waals surface area contributed by atoms with Gasteiger partial charge in [-0.1, -0.05) is 151 Å². The molecule has 0 saturated heterocycles. The van der Waals surface area contributed by atoms with Gasteiger partial charge in [-0.15, -0.1) is 6.58 Å². The monoisotopic (exact) mass is 620 g/mol. The zero-order valence-corrected chi connectivity index (χ0v) is 30.2. The van der Waals surface area contributed by atoms with Crippen LogP contribution in [0.2, 0.25) is 0 Å². The minimum Gasteiger partial charge on any atom is -0.306 e. The molecule has 3 aliphatic rings. The number of hydrogen-bond donors (Lipinski definition) is 1. The normalized spacial score (nSPS) is 24.0. The van der Waals surface area contributed by atoms with Crippen LogP contribution in [0.25, 0.3) is 0 Å². The number of unbranched alkanes of at least 4 members (excludes halogenated alkanes) is 2. The van der Waals surface area contributed by atoms with Gasteiger partial charge in [0, 0.05) is 24.4 Å². The maximum atomic E-state index is 4.45. The molecule has 1 N–H and O–H groups in total. The molecule has 3 rings (SSSR count). The lowest BCUT2D eigenvalue weighted by Gasteiger charge is -2.37. The topological polar surface area (TPSA) is 12.0 Å². The minimum atomic E-state index is 0.366. The Hall–Kier alpha value is -2.90. The van der Waals surface area contributed by atoms with Crippen molar-refractivity contribution in [3.8, 4) is 0 Å². The van der Waals surface area contributed by atoms with Gasteiger partial charge in [-0.2, -0.15) is 0 Å². The van der Waals surface area contributed by atoms with E-state index in [1.165, 1.54) is 54.4 Å². The summed E-state index contributed by atoms with van der Waals surface area (Å²) in [6, 6.07) is 0.420. The fourth-order valence-electron chi connectivity index (χ4n) is 7.30. The van der Waals surface area contributed by atoms with E-state index in [1.807, 2.05) is 0 Å². The molecule has 0 aromatic rings. The Morgan fingerprint density at radius 3 is 2.48 bits per heavy atom. The molecule has 6 unspecified atom stereocenters. The molecule has 1 heteroatoms. The maximum absolute atomic E-state index is 4.45. The maximum Gasteiger partial charge on any atom is 0.0290 e. The summed E-state index contributed by atoms with van der Waals surface area (Å²) in [5, 5.41) is 3.84. The fourth-order valence-corrected chi connectivity index (χ4v) is 7.30. The van der Waals surface area contributed by atoms with Crippen molar-refractivity contribution in [3.63, 3.8) is 0 Å². The average molecular weight is 620 g/mol. The van der Waals surface area contributed by atoms with Crippen molar-refractivity contribution in [3.05, 3.63) is 132 Å². The highest BCUT2D eigenvalue weighted by Crippen LogP contribution is 2.45. The summed E-state index contributed by atoms with van der Waals surface area (Å²) in [5.74, 6) is 2.52. The lowest BCUT2D eigenvalue weighted by Crippen LogP contribution is -2.30. The van der Waals surface area contributed by atoms with Crippen molar-refractivity contribution < 1.29 is 0 Å². The Kier molecular flexibility index (Phi) is 16.6. The Balaban J connectivity index is 1.78. The summed E-state index contributed by atoms with van der Waals surface area (Å²) < 4.78 is 0. The van der Waals surface area contributed by atoms with Crippen molar-refractivity contribution in [2.75, 3.05) is 6.54 Å². The molecule has 1 nitrogen and oxygen atoms in total. The van der Waals surface area contributed by atoms with E-state index in [0.717, 1.165) is 38.6 Å². The molecular formula is C45H65N. The van der Waals surface area contributed by atoms with Gasteiger partial charge in [0.15, 0.2) is 0 Å². The molecule has 0 bridgehead atoms. The Labute approximate surface area is 284 Å². The third kappa shape index (κ3) is 11.1. The van der Waals surface area contributed by atoms with Gasteiger partial charge in [-0.05, 0) is 98.0 Å². The molecule has 3 aliphatic carbocycles. The van der Waals surface area contributed by atoms with Crippen LogP contribution >= 0.6 is 0 Å². The van der Waals surface area contributed by atoms with E-state index in [1.54, 1.807) is 11.1 Å². The van der Waals surface area contributed by atoms with Crippen molar-refractivity contribution >= 4 is 0 Å². The minimum absolute atomic E-state index is 0.366.